The zero-order valence-electron chi connectivity index (χ0n) is 17.3. The fourth-order valence-electron chi connectivity index (χ4n) is 4.84. The second-order valence-electron chi connectivity index (χ2n) is 8.29. The molecule has 0 atom stereocenters. The number of hydrogen-bond acceptors (Lipinski definition) is 1. The van der Waals surface area contributed by atoms with E-state index < -0.39 is 0 Å². The summed E-state index contributed by atoms with van der Waals surface area (Å²) < 4.78 is 2.72. The summed E-state index contributed by atoms with van der Waals surface area (Å²) >= 11 is 1.89. The number of benzene rings is 5. The number of hydrogen-bond donors (Lipinski definition) is 1. The van der Waals surface area contributed by atoms with Crippen molar-refractivity contribution in [1.82, 2.24) is 4.98 Å². The maximum atomic E-state index is 3.67. The first-order chi connectivity index (χ1) is 15.8. The summed E-state index contributed by atoms with van der Waals surface area (Å²) in [5, 5.41) is 5.32. The standard InChI is InChI=1S/C30H19NS/c1-2-6-19(7-3-1)20-10-12-21(13-11-20)22-14-15-25-27(18-22)31-26-17-16-24-23-8-4-5-9-28(23)32-30(24)29(25)26/h1-18,31H. The summed E-state index contributed by atoms with van der Waals surface area (Å²) in [6.45, 7) is 0. The van der Waals surface area contributed by atoms with Gasteiger partial charge >= 0.3 is 0 Å². The van der Waals surface area contributed by atoms with Gasteiger partial charge in [-0.05, 0) is 40.5 Å². The van der Waals surface area contributed by atoms with E-state index in [0.29, 0.717) is 0 Å². The van der Waals surface area contributed by atoms with Crippen molar-refractivity contribution in [3.05, 3.63) is 109 Å². The van der Waals surface area contributed by atoms with Crippen LogP contribution in [0.5, 0.6) is 0 Å². The molecule has 0 radical (unpaired) electrons. The number of aromatic amines is 1. The highest BCUT2D eigenvalue weighted by atomic mass is 32.1. The third kappa shape index (κ3) is 2.63. The molecule has 0 bridgehead atoms. The monoisotopic (exact) mass is 425 g/mol. The lowest BCUT2D eigenvalue weighted by Crippen LogP contribution is -1.80. The SMILES string of the molecule is c1ccc(-c2ccc(-c3ccc4c(c3)[nH]c3ccc5c6ccccc6sc5c34)cc2)cc1. The summed E-state index contributed by atoms with van der Waals surface area (Å²) in [6, 6.07) is 39.4. The molecule has 150 valence electrons. The molecule has 0 fully saturated rings. The minimum atomic E-state index is 1.19. The zero-order valence-corrected chi connectivity index (χ0v) is 18.1. The number of thiophene rings is 1. The van der Waals surface area contributed by atoms with Crippen LogP contribution < -0.4 is 0 Å². The Morgan fingerprint density at radius 1 is 0.469 bits per heavy atom. The van der Waals surface area contributed by atoms with Crippen LogP contribution in [0.25, 0.3) is 64.2 Å². The molecule has 0 spiro atoms. The van der Waals surface area contributed by atoms with Crippen LogP contribution in [-0.2, 0) is 0 Å². The van der Waals surface area contributed by atoms with E-state index in [0.717, 1.165) is 0 Å². The molecule has 0 saturated carbocycles. The first kappa shape index (κ1) is 17.8. The van der Waals surface area contributed by atoms with Gasteiger partial charge in [-0.15, -0.1) is 11.3 Å². The highest BCUT2D eigenvalue weighted by molar-refractivity contribution is 7.26. The Labute approximate surface area is 189 Å². The summed E-state index contributed by atoms with van der Waals surface area (Å²) in [7, 11) is 0. The van der Waals surface area contributed by atoms with Gasteiger partial charge in [0.05, 0.1) is 0 Å². The fraction of sp³-hybridized carbons (Fsp3) is 0. The van der Waals surface area contributed by atoms with Crippen LogP contribution in [-0.4, -0.2) is 4.98 Å². The van der Waals surface area contributed by atoms with Gasteiger partial charge in [0.1, 0.15) is 0 Å². The van der Waals surface area contributed by atoms with Crippen LogP contribution in [0.2, 0.25) is 0 Å². The van der Waals surface area contributed by atoms with Gasteiger partial charge in [0, 0.05) is 42.0 Å². The van der Waals surface area contributed by atoms with E-state index in [-0.39, 0.29) is 0 Å². The molecule has 7 aromatic rings. The first-order valence-electron chi connectivity index (χ1n) is 10.9. The number of nitrogens with one attached hydrogen (secondary N) is 1. The molecule has 0 aliphatic rings. The predicted octanol–water partition coefficient (Wildman–Crippen LogP) is 9.02. The molecule has 0 unspecified atom stereocenters. The number of aromatic nitrogens is 1. The number of rotatable bonds is 2. The van der Waals surface area contributed by atoms with E-state index in [1.165, 1.54) is 64.2 Å². The topological polar surface area (TPSA) is 15.8 Å². The van der Waals surface area contributed by atoms with Gasteiger partial charge < -0.3 is 4.98 Å². The van der Waals surface area contributed by atoms with Gasteiger partial charge in [-0.2, -0.15) is 0 Å². The van der Waals surface area contributed by atoms with Gasteiger partial charge in [-0.1, -0.05) is 91.0 Å². The minimum Gasteiger partial charge on any atom is -0.354 e. The number of H-pyrrole nitrogens is 1. The van der Waals surface area contributed by atoms with Gasteiger partial charge in [-0.3, -0.25) is 0 Å². The van der Waals surface area contributed by atoms with Crippen LogP contribution in [0.1, 0.15) is 0 Å². The lowest BCUT2D eigenvalue weighted by atomic mass is 9.99. The maximum Gasteiger partial charge on any atom is 0.0479 e. The highest BCUT2D eigenvalue weighted by Crippen LogP contribution is 2.41. The second-order valence-corrected chi connectivity index (χ2v) is 9.34. The van der Waals surface area contributed by atoms with Crippen LogP contribution in [0.4, 0.5) is 0 Å². The predicted molar refractivity (Wildman–Crippen MR) is 140 cm³/mol. The third-order valence-electron chi connectivity index (χ3n) is 6.43. The van der Waals surface area contributed by atoms with Crippen molar-refractivity contribution in [1.29, 1.82) is 0 Å². The molecule has 1 nitrogen and oxygen atoms in total. The molecule has 5 aromatic carbocycles. The van der Waals surface area contributed by atoms with E-state index >= 15 is 0 Å². The Bertz CT molecular complexity index is 1750. The maximum absolute atomic E-state index is 3.67. The Balaban J connectivity index is 1.38. The first-order valence-corrected chi connectivity index (χ1v) is 11.7. The van der Waals surface area contributed by atoms with Crippen LogP contribution in [0.15, 0.2) is 109 Å². The number of fused-ring (bicyclic) bond motifs is 7. The molecule has 2 heterocycles. The average Bonchev–Trinajstić information content (AvgIpc) is 3.42. The van der Waals surface area contributed by atoms with Crippen molar-refractivity contribution in [3.8, 4) is 22.3 Å². The molecular weight excluding hydrogens is 406 g/mol. The molecule has 0 amide bonds. The lowest BCUT2D eigenvalue weighted by Gasteiger charge is -2.05. The zero-order chi connectivity index (χ0) is 21.1. The van der Waals surface area contributed by atoms with E-state index in [9.17, 15) is 0 Å². The molecule has 7 rings (SSSR count). The van der Waals surface area contributed by atoms with E-state index in [1.807, 2.05) is 11.3 Å². The van der Waals surface area contributed by atoms with Gasteiger partial charge in [0.25, 0.3) is 0 Å². The highest BCUT2D eigenvalue weighted by Gasteiger charge is 2.13. The molecule has 2 aromatic heterocycles. The molecule has 2 heteroatoms. The molecule has 0 saturated heterocycles. The Morgan fingerprint density at radius 3 is 1.97 bits per heavy atom. The smallest absolute Gasteiger partial charge is 0.0479 e. The third-order valence-corrected chi connectivity index (χ3v) is 7.63. The van der Waals surface area contributed by atoms with E-state index in [4.69, 9.17) is 0 Å². The summed E-state index contributed by atoms with van der Waals surface area (Å²) in [5.74, 6) is 0. The molecular formula is C30H19NS. The van der Waals surface area contributed by atoms with Gasteiger partial charge in [0.15, 0.2) is 0 Å². The van der Waals surface area contributed by atoms with Gasteiger partial charge in [0.2, 0.25) is 0 Å². The Morgan fingerprint density at radius 2 is 1.12 bits per heavy atom. The van der Waals surface area contributed by atoms with Crippen molar-refractivity contribution < 1.29 is 0 Å². The average molecular weight is 426 g/mol. The Kier molecular flexibility index (Phi) is 3.78. The quantitative estimate of drug-likeness (QED) is 0.284. The van der Waals surface area contributed by atoms with E-state index in [1.54, 1.807) is 0 Å². The minimum absolute atomic E-state index is 1.19. The van der Waals surface area contributed by atoms with Crippen LogP contribution in [0.3, 0.4) is 0 Å². The van der Waals surface area contributed by atoms with Crippen molar-refractivity contribution >= 4 is 53.3 Å². The van der Waals surface area contributed by atoms with Crippen LogP contribution in [0, 0.1) is 0 Å². The normalized spacial score (nSPS) is 11.8. The van der Waals surface area contributed by atoms with Crippen LogP contribution >= 0.6 is 11.3 Å². The van der Waals surface area contributed by atoms with Crippen molar-refractivity contribution in [2.75, 3.05) is 0 Å². The fourth-order valence-corrected chi connectivity index (χ4v) is 6.10. The lowest BCUT2D eigenvalue weighted by molar-refractivity contribution is 1.54. The second kappa shape index (κ2) is 6.81. The van der Waals surface area contributed by atoms with E-state index in [2.05, 4.69) is 114 Å². The summed E-state index contributed by atoms with van der Waals surface area (Å²) in [6.07, 6.45) is 0. The molecule has 0 aliphatic carbocycles. The van der Waals surface area contributed by atoms with Crippen molar-refractivity contribution in [2.45, 2.75) is 0 Å². The Hall–Kier alpha value is -3.88. The molecule has 32 heavy (non-hydrogen) atoms. The largest absolute Gasteiger partial charge is 0.354 e. The van der Waals surface area contributed by atoms with Crippen molar-refractivity contribution in [3.63, 3.8) is 0 Å². The molecule has 0 aliphatic heterocycles. The molecule has 1 N–H and O–H groups in total. The van der Waals surface area contributed by atoms with Crippen molar-refractivity contribution in [2.24, 2.45) is 0 Å². The van der Waals surface area contributed by atoms with Gasteiger partial charge in [-0.25, -0.2) is 0 Å². The summed E-state index contributed by atoms with van der Waals surface area (Å²) in [4.78, 5) is 3.67. The summed E-state index contributed by atoms with van der Waals surface area (Å²) in [5.41, 5.74) is 7.35.